The van der Waals surface area contributed by atoms with Crippen LogP contribution in [0.5, 0.6) is 0 Å². The first-order chi connectivity index (χ1) is 9.81. The topological polar surface area (TPSA) is 59.4 Å². The fourth-order valence-corrected chi connectivity index (χ4v) is 2.87. The van der Waals surface area contributed by atoms with E-state index in [-0.39, 0.29) is 5.91 Å². The maximum Gasteiger partial charge on any atom is 0.234 e. The van der Waals surface area contributed by atoms with Crippen molar-refractivity contribution < 1.29 is 9.53 Å². The van der Waals surface area contributed by atoms with E-state index in [1.807, 2.05) is 12.4 Å². The second-order valence-electron chi connectivity index (χ2n) is 5.59. The summed E-state index contributed by atoms with van der Waals surface area (Å²) in [6.07, 6.45) is 5.96. The van der Waals surface area contributed by atoms with Crippen LogP contribution in [0.1, 0.15) is 12.2 Å². The van der Waals surface area contributed by atoms with Crippen molar-refractivity contribution in [3.8, 4) is 0 Å². The molecule has 0 aliphatic carbocycles. The third-order valence-electron chi connectivity index (χ3n) is 4.11. The molecule has 1 aromatic heterocycles. The van der Waals surface area contributed by atoms with Crippen LogP contribution in [0.4, 0.5) is 0 Å². The fraction of sp³-hybridized carbons (Fsp3) is 0.714. The van der Waals surface area contributed by atoms with Crippen LogP contribution < -0.4 is 5.32 Å². The molecule has 110 valence electrons. The number of amides is 1. The van der Waals surface area contributed by atoms with E-state index in [4.69, 9.17) is 4.74 Å². The molecule has 1 fully saturated rings. The van der Waals surface area contributed by atoms with E-state index in [2.05, 4.69) is 19.8 Å². The summed E-state index contributed by atoms with van der Waals surface area (Å²) in [5.41, 5.74) is 0. The first-order valence-corrected chi connectivity index (χ1v) is 7.38. The first-order valence-electron chi connectivity index (χ1n) is 7.38. The van der Waals surface area contributed by atoms with Gasteiger partial charge in [0.15, 0.2) is 0 Å². The minimum Gasteiger partial charge on any atom is -0.379 e. The highest BCUT2D eigenvalue weighted by Crippen LogP contribution is 2.18. The van der Waals surface area contributed by atoms with Crippen LogP contribution in [0.3, 0.4) is 0 Å². The van der Waals surface area contributed by atoms with Crippen molar-refractivity contribution in [2.75, 3.05) is 39.4 Å². The highest BCUT2D eigenvalue weighted by Gasteiger charge is 2.20. The number of fused-ring (bicyclic) bond motifs is 1. The maximum absolute atomic E-state index is 11.9. The van der Waals surface area contributed by atoms with E-state index < -0.39 is 0 Å². The van der Waals surface area contributed by atoms with Crippen molar-refractivity contribution in [2.45, 2.75) is 19.4 Å². The monoisotopic (exact) mass is 278 g/mol. The van der Waals surface area contributed by atoms with Gasteiger partial charge in [0, 0.05) is 45.0 Å². The number of imidazole rings is 1. The lowest BCUT2D eigenvalue weighted by Gasteiger charge is -2.27. The molecule has 0 radical (unpaired) electrons. The van der Waals surface area contributed by atoms with Crippen molar-refractivity contribution in [1.82, 2.24) is 19.8 Å². The number of carbonyl (C=O) groups is 1. The van der Waals surface area contributed by atoms with Gasteiger partial charge in [0.25, 0.3) is 0 Å². The molecule has 6 nitrogen and oxygen atoms in total. The molecule has 1 saturated heterocycles. The predicted molar refractivity (Wildman–Crippen MR) is 74.3 cm³/mol. The van der Waals surface area contributed by atoms with Gasteiger partial charge in [-0.1, -0.05) is 0 Å². The zero-order chi connectivity index (χ0) is 13.8. The number of nitrogens with zero attached hydrogens (tertiary/aromatic N) is 3. The second-order valence-corrected chi connectivity index (χ2v) is 5.59. The molecule has 1 amide bonds. The Labute approximate surface area is 119 Å². The van der Waals surface area contributed by atoms with Crippen LogP contribution in [0.2, 0.25) is 0 Å². The summed E-state index contributed by atoms with van der Waals surface area (Å²) in [6, 6.07) is 0. The molecular weight excluding hydrogens is 256 g/mol. The maximum atomic E-state index is 11.9. The number of morpholine rings is 1. The number of carbonyl (C=O) groups excluding carboxylic acids is 1. The molecular formula is C14H22N4O2. The van der Waals surface area contributed by atoms with Crippen LogP contribution in [0, 0.1) is 5.92 Å². The lowest BCUT2D eigenvalue weighted by molar-refractivity contribution is -0.123. The molecule has 3 heterocycles. The molecule has 0 unspecified atom stereocenters. The smallest absolute Gasteiger partial charge is 0.234 e. The van der Waals surface area contributed by atoms with Gasteiger partial charge in [-0.15, -0.1) is 0 Å². The quantitative estimate of drug-likeness (QED) is 0.835. The van der Waals surface area contributed by atoms with E-state index in [9.17, 15) is 4.79 Å². The van der Waals surface area contributed by atoms with Gasteiger partial charge < -0.3 is 14.6 Å². The van der Waals surface area contributed by atoms with Gasteiger partial charge >= 0.3 is 0 Å². The minimum absolute atomic E-state index is 0.126. The first kappa shape index (κ1) is 13.6. The third-order valence-corrected chi connectivity index (χ3v) is 4.11. The lowest BCUT2D eigenvalue weighted by Crippen LogP contribution is -2.44. The molecule has 6 heteroatoms. The molecule has 0 spiro atoms. The number of ether oxygens (including phenoxy) is 1. The highest BCUT2D eigenvalue weighted by molar-refractivity contribution is 5.78. The van der Waals surface area contributed by atoms with E-state index in [1.165, 1.54) is 0 Å². The van der Waals surface area contributed by atoms with E-state index in [0.717, 1.165) is 58.1 Å². The summed E-state index contributed by atoms with van der Waals surface area (Å²) in [5.74, 6) is 1.78. The molecule has 0 aromatic carbocycles. The third kappa shape index (κ3) is 3.37. The SMILES string of the molecule is O=C(CN1CCOCC1)NC[C@H]1CCn2ccnc2C1. The van der Waals surface area contributed by atoms with Gasteiger partial charge in [0.2, 0.25) is 5.91 Å². The molecule has 2 aliphatic heterocycles. The molecule has 1 aromatic rings. The molecule has 0 saturated carbocycles. The van der Waals surface area contributed by atoms with Gasteiger partial charge in [0.1, 0.15) is 5.82 Å². The van der Waals surface area contributed by atoms with E-state index >= 15 is 0 Å². The molecule has 1 atom stereocenters. The number of hydrogen-bond acceptors (Lipinski definition) is 4. The van der Waals surface area contributed by atoms with Crippen molar-refractivity contribution in [3.63, 3.8) is 0 Å². The minimum atomic E-state index is 0.126. The molecule has 0 bridgehead atoms. The van der Waals surface area contributed by atoms with Gasteiger partial charge in [-0.25, -0.2) is 4.98 Å². The van der Waals surface area contributed by atoms with Crippen LogP contribution in [-0.4, -0.2) is 59.8 Å². The van der Waals surface area contributed by atoms with Crippen molar-refractivity contribution >= 4 is 5.91 Å². The summed E-state index contributed by atoms with van der Waals surface area (Å²) in [4.78, 5) is 18.4. The number of hydrogen-bond donors (Lipinski definition) is 1. The van der Waals surface area contributed by atoms with Crippen molar-refractivity contribution in [1.29, 1.82) is 0 Å². The normalized spacial score (nSPS) is 23.3. The Kier molecular flexibility index (Phi) is 4.32. The van der Waals surface area contributed by atoms with Crippen molar-refractivity contribution in [3.05, 3.63) is 18.2 Å². The highest BCUT2D eigenvalue weighted by atomic mass is 16.5. The Morgan fingerprint density at radius 2 is 2.25 bits per heavy atom. The lowest BCUT2D eigenvalue weighted by atomic mass is 9.98. The zero-order valence-corrected chi connectivity index (χ0v) is 11.8. The van der Waals surface area contributed by atoms with Gasteiger partial charge in [-0.05, 0) is 12.3 Å². The number of rotatable bonds is 4. The summed E-state index contributed by atoms with van der Waals surface area (Å²) >= 11 is 0. The Balaban J connectivity index is 1.40. The average molecular weight is 278 g/mol. The molecule has 20 heavy (non-hydrogen) atoms. The Morgan fingerprint density at radius 1 is 1.40 bits per heavy atom. The van der Waals surface area contributed by atoms with Crippen LogP contribution in [0.25, 0.3) is 0 Å². The number of aromatic nitrogens is 2. The Bertz CT molecular complexity index is 454. The van der Waals surface area contributed by atoms with E-state index in [1.54, 1.807) is 0 Å². The number of aryl methyl sites for hydroxylation is 1. The fourth-order valence-electron chi connectivity index (χ4n) is 2.87. The van der Waals surface area contributed by atoms with Gasteiger partial charge in [-0.2, -0.15) is 0 Å². The second kappa shape index (κ2) is 6.37. The largest absolute Gasteiger partial charge is 0.379 e. The predicted octanol–water partition coefficient (Wildman–Crippen LogP) is -0.106. The van der Waals surface area contributed by atoms with Crippen LogP contribution in [-0.2, 0) is 22.5 Å². The average Bonchev–Trinajstić information content (AvgIpc) is 2.93. The summed E-state index contributed by atoms with van der Waals surface area (Å²) in [7, 11) is 0. The van der Waals surface area contributed by atoms with Crippen LogP contribution >= 0.6 is 0 Å². The summed E-state index contributed by atoms with van der Waals surface area (Å²) in [5, 5.41) is 3.06. The summed E-state index contributed by atoms with van der Waals surface area (Å²) in [6.45, 7) is 5.44. The van der Waals surface area contributed by atoms with E-state index in [0.29, 0.717) is 12.5 Å². The molecule has 2 aliphatic rings. The Hall–Kier alpha value is -1.40. The van der Waals surface area contributed by atoms with Gasteiger partial charge in [0.05, 0.1) is 19.8 Å². The molecule has 1 N–H and O–H groups in total. The molecule has 3 rings (SSSR count). The van der Waals surface area contributed by atoms with Gasteiger partial charge in [-0.3, -0.25) is 9.69 Å². The standard InChI is InChI=1S/C14H22N4O2/c19-14(11-17-5-7-20-8-6-17)16-10-12-1-3-18-4-2-15-13(18)9-12/h2,4,12H,1,3,5-11H2,(H,16,19)/t12-/m0/s1. The zero-order valence-electron chi connectivity index (χ0n) is 11.8. The summed E-state index contributed by atoms with van der Waals surface area (Å²) < 4.78 is 7.48. The Morgan fingerprint density at radius 3 is 3.10 bits per heavy atom. The number of nitrogens with one attached hydrogen (secondary N) is 1. The van der Waals surface area contributed by atoms with Crippen LogP contribution in [0.15, 0.2) is 12.4 Å². The van der Waals surface area contributed by atoms with Crippen molar-refractivity contribution in [2.24, 2.45) is 5.92 Å².